The fourth-order valence-electron chi connectivity index (χ4n) is 1.97. The minimum absolute atomic E-state index is 0.0912. The summed E-state index contributed by atoms with van der Waals surface area (Å²) < 4.78 is 0.818. The molecule has 0 aliphatic heterocycles. The summed E-state index contributed by atoms with van der Waals surface area (Å²) in [5, 5.41) is 14.2. The van der Waals surface area contributed by atoms with Gasteiger partial charge in [0.05, 0.1) is 4.92 Å². The molecule has 20 heavy (non-hydrogen) atoms. The third-order valence-electron chi connectivity index (χ3n) is 3.12. The molecule has 0 amide bonds. The maximum Gasteiger partial charge on any atom is 0.292 e. The van der Waals surface area contributed by atoms with Crippen molar-refractivity contribution in [3.8, 4) is 0 Å². The van der Waals surface area contributed by atoms with Crippen LogP contribution < -0.4 is 5.32 Å². The lowest BCUT2D eigenvalue weighted by molar-refractivity contribution is -0.384. The van der Waals surface area contributed by atoms with E-state index >= 15 is 0 Å². The molecule has 0 fully saturated rings. The van der Waals surface area contributed by atoms with E-state index in [1.165, 1.54) is 11.6 Å². The molecule has 5 heteroatoms. The van der Waals surface area contributed by atoms with Gasteiger partial charge in [0.1, 0.15) is 5.69 Å². The summed E-state index contributed by atoms with van der Waals surface area (Å²) in [5.74, 6) is 0.273. The smallest absolute Gasteiger partial charge is 0.292 e. The van der Waals surface area contributed by atoms with Crippen molar-refractivity contribution in [3.63, 3.8) is 0 Å². The maximum atomic E-state index is 11.0. The normalized spacial score (nSPS) is 11.9. The first-order valence-corrected chi connectivity index (χ1v) is 7.10. The van der Waals surface area contributed by atoms with Crippen LogP contribution in [0.3, 0.4) is 0 Å². The average Bonchev–Trinajstić information content (AvgIpc) is 2.45. The zero-order valence-electron chi connectivity index (χ0n) is 11.0. The Morgan fingerprint density at radius 1 is 1.25 bits per heavy atom. The van der Waals surface area contributed by atoms with Gasteiger partial charge in [-0.05, 0) is 23.6 Å². The Hall–Kier alpha value is -1.88. The number of rotatable bonds is 5. The number of hydrogen-bond acceptors (Lipinski definition) is 3. The molecule has 1 atom stereocenters. The van der Waals surface area contributed by atoms with Crippen molar-refractivity contribution in [3.05, 3.63) is 68.7 Å². The molecule has 4 nitrogen and oxygen atoms in total. The molecule has 0 aromatic heterocycles. The van der Waals surface area contributed by atoms with Gasteiger partial charge in [-0.15, -0.1) is 0 Å². The number of hydrogen-bond donors (Lipinski definition) is 1. The number of benzene rings is 2. The largest absolute Gasteiger partial charge is 0.379 e. The van der Waals surface area contributed by atoms with Crippen LogP contribution in [-0.2, 0) is 0 Å². The van der Waals surface area contributed by atoms with E-state index < -0.39 is 0 Å². The molecule has 0 heterocycles. The molecule has 2 aromatic carbocycles. The Balaban J connectivity index is 2.11. The number of anilines is 1. The summed E-state index contributed by atoms with van der Waals surface area (Å²) in [6.07, 6.45) is 0. The van der Waals surface area contributed by atoms with Crippen LogP contribution in [0.5, 0.6) is 0 Å². The Bertz CT molecular complexity index is 602. The summed E-state index contributed by atoms with van der Waals surface area (Å²) in [7, 11) is 0. The van der Waals surface area contributed by atoms with Crippen LogP contribution in [0.4, 0.5) is 11.4 Å². The highest BCUT2D eigenvalue weighted by Crippen LogP contribution is 2.28. The van der Waals surface area contributed by atoms with Crippen molar-refractivity contribution < 1.29 is 4.92 Å². The lowest BCUT2D eigenvalue weighted by Gasteiger charge is -2.14. The van der Waals surface area contributed by atoms with E-state index in [4.69, 9.17) is 0 Å². The molecule has 0 aliphatic carbocycles. The molecule has 2 rings (SSSR count). The van der Waals surface area contributed by atoms with Crippen LogP contribution in [-0.4, -0.2) is 11.5 Å². The van der Waals surface area contributed by atoms with E-state index in [2.05, 4.69) is 40.3 Å². The second-order valence-electron chi connectivity index (χ2n) is 4.61. The summed E-state index contributed by atoms with van der Waals surface area (Å²) in [4.78, 5) is 10.6. The standard InChI is InChI=1S/C15H15BrN2O2/c1-11(12-5-3-2-4-6-12)10-17-14-9-13(16)7-8-15(14)18(19)20/h2-9,11,17H,10H2,1H3. The quantitative estimate of drug-likeness (QED) is 0.643. The topological polar surface area (TPSA) is 55.2 Å². The van der Waals surface area contributed by atoms with Crippen molar-refractivity contribution in [2.75, 3.05) is 11.9 Å². The van der Waals surface area contributed by atoms with E-state index in [1.54, 1.807) is 12.1 Å². The molecule has 0 saturated heterocycles. The second-order valence-corrected chi connectivity index (χ2v) is 5.53. The monoisotopic (exact) mass is 334 g/mol. The fraction of sp³-hybridized carbons (Fsp3) is 0.200. The first kappa shape index (κ1) is 14.5. The zero-order valence-corrected chi connectivity index (χ0v) is 12.6. The summed E-state index contributed by atoms with van der Waals surface area (Å²) in [6, 6.07) is 15.0. The third-order valence-corrected chi connectivity index (χ3v) is 3.62. The van der Waals surface area contributed by atoms with E-state index in [-0.39, 0.29) is 16.5 Å². The van der Waals surface area contributed by atoms with Crippen molar-refractivity contribution in [2.45, 2.75) is 12.8 Å². The highest BCUT2D eigenvalue weighted by atomic mass is 79.9. The van der Waals surface area contributed by atoms with Gasteiger partial charge in [-0.25, -0.2) is 0 Å². The highest BCUT2D eigenvalue weighted by Gasteiger charge is 2.14. The van der Waals surface area contributed by atoms with Gasteiger partial charge >= 0.3 is 0 Å². The van der Waals surface area contributed by atoms with Crippen molar-refractivity contribution in [1.82, 2.24) is 0 Å². The summed E-state index contributed by atoms with van der Waals surface area (Å²) in [6.45, 7) is 2.73. The third kappa shape index (κ3) is 3.57. The molecule has 0 aliphatic rings. The van der Waals surface area contributed by atoms with E-state index in [0.29, 0.717) is 12.2 Å². The fourth-order valence-corrected chi connectivity index (χ4v) is 2.33. The predicted molar refractivity (Wildman–Crippen MR) is 84.1 cm³/mol. The lowest BCUT2D eigenvalue weighted by Crippen LogP contribution is -2.11. The molecule has 0 bridgehead atoms. The Morgan fingerprint density at radius 2 is 1.95 bits per heavy atom. The second kappa shape index (κ2) is 6.52. The van der Waals surface area contributed by atoms with E-state index in [1.807, 2.05) is 18.2 Å². The van der Waals surface area contributed by atoms with Gasteiger partial charge in [0.25, 0.3) is 5.69 Å². The van der Waals surface area contributed by atoms with Crippen molar-refractivity contribution in [2.24, 2.45) is 0 Å². The summed E-state index contributed by atoms with van der Waals surface area (Å²) in [5.41, 5.74) is 1.83. The molecule has 1 unspecified atom stereocenters. The van der Waals surface area contributed by atoms with Crippen LogP contribution in [0.15, 0.2) is 53.0 Å². The maximum absolute atomic E-state index is 11.0. The van der Waals surface area contributed by atoms with Gasteiger partial charge < -0.3 is 5.32 Å². The van der Waals surface area contributed by atoms with Crippen LogP contribution >= 0.6 is 15.9 Å². The molecule has 0 radical (unpaired) electrons. The molecular formula is C15H15BrN2O2. The van der Waals surface area contributed by atoms with Crippen LogP contribution in [0, 0.1) is 10.1 Å². The molecular weight excluding hydrogens is 320 g/mol. The van der Waals surface area contributed by atoms with Gasteiger partial charge in [-0.2, -0.15) is 0 Å². The van der Waals surface area contributed by atoms with Crippen LogP contribution in [0.25, 0.3) is 0 Å². The minimum Gasteiger partial charge on any atom is -0.379 e. The van der Waals surface area contributed by atoms with E-state index in [0.717, 1.165) is 4.47 Å². The molecule has 104 valence electrons. The molecule has 2 aromatic rings. The number of nitrogens with zero attached hydrogens (tertiary/aromatic N) is 1. The first-order valence-electron chi connectivity index (χ1n) is 6.30. The number of nitrogens with one attached hydrogen (secondary N) is 1. The molecule has 0 saturated carbocycles. The predicted octanol–water partition coefficient (Wildman–Crippen LogP) is 4.57. The van der Waals surface area contributed by atoms with Crippen LogP contribution in [0.1, 0.15) is 18.4 Å². The SMILES string of the molecule is CC(CNc1cc(Br)ccc1[N+](=O)[O-])c1ccccc1. The van der Waals surface area contributed by atoms with Crippen LogP contribution in [0.2, 0.25) is 0 Å². The number of halogens is 1. The van der Waals surface area contributed by atoms with Gasteiger partial charge in [-0.1, -0.05) is 53.2 Å². The number of nitro groups is 1. The Labute approximate surface area is 126 Å². The Kier molecular flexibility index (Phi) is 4.74. The zero-order chi connectivity index (χ0) is 14.5. The van der Waals surface area contributed by atoms with Gasteiger partial charge in [0.15, 0.2) is 0 Å². The van der Waals surface area contributed by atoms with Crippen molar-refractivity contribution >= 4 is 27.3 Å². The Morgan fingerprint density at radius 3 is 2.60 bits per heavy atom. The minimum atomic E-state index is -0.373. The van der Waals surface area contributed by atoms with Crippen molar-refractivity contribution in [1.29, 1.82) is 0 Å². The summed E-state index contributed by atoms with van der Waals surface area (Å²) >= 11 is 3.33. The van der Waals surface area contributed by atoms with Gasteiger partial charge in [0, 0.05) is 17.1 Å². The average molecular weight is 335 g/mol. The van der Waals surface area contributed by atoms with Gasteiger partial charge in [-0.3, -0.25) is 10.1 Å². The van der Waals surface area contributed by atoms with Gasteiger partial charge in [0.2, 0.25) is 0 Å². The molecule has 0 spiro atoms. The molecule has 1 N–H and O–H groups in total. The lowest BCUT2D eigenvalue weighted by atomic mass is 10.0. The number of nitro benzene ring substituents is 1. The first-order chi connectivity index (χ1) is 9.58. The highest BCUT2D eigenvalue weighted by molar-refractivity contribution is 9.10. The van der Waals surface area contributed by atoms with E-state index in [9.17, 15) is 10.1 Å².